The topological polar surface area (TPSA) is 44.4 Å². The van der Waals surface area contributed by atoms with Crippen molar-refractivity contribution in [3.8, 4) is 0 Å². The highest BCUT2D eigenvalue weighted by molar-refractivity contribution is 5.81. The van der Waals surface area contributed by atoms with Gasteiger partial charge in [-0.3, -0.25) is 4.79 Å². The van der Waals surface area contributed by atoms with Gasteiger partial charge < -0.3 is 15.5 Å². The highest BCUT2D eigenvalue weighted by Gasteiger charge is 2.14. The van der Waals surface area contributed by atoms with E-state index in [1.807, 2.05) is 13.8 Å². The van der Waals surface area contributed by atoms with Crippen molar-refractivity contribution in [2.24, 2.45) is 0 Å². The number of hydrogen-bond donors (Lipinski definition) is 2. The minimum absolute atomic E-state index is 0.0604. The van der Waals surface area contributed by atoms with Gasteiger partial charge in [0.25, 0.3) is 0 Å². The van der Waals surface area contributed by atoms with Crippen LogP contribution >= 0.6 is 0 Å². The van der Waals surface area contributed by atoms with Crippen LogP contribution in [0.25, 0.3) is 0 Å². The van der Waals surface area contributed by atoms with Gasteiger partial charge in [-0.15, -0.1) is 0 Å². The van der Waals surface area contributed by atoms with Crippen LogP contribution in [0.5, 0.6) is 0 Å². The maximum atomic E-state index is 11.7. The van der Waals surface area contributed by atoms with Crippen molar-refractivity contribution in [1.82, 2.24) is 10.6 Å². The molecule has 0 saturated carbocycles. The molecule has 0 bridgehead atoms. The Morgan fingerprint density at radius 1 is 1.45 bits per heavy atom. The number of fused-ring (bicyclic) bond motifs is 1. The molecule has 1 aliphatic heterocycles. The first-order valence-electron chi connectivity index (χ1n) is 7.46. The van der Waals surface area contributed by atoms with Gasteiger partial charge in [-0.25, -0.2) is 0 Å². The number of hydrogen-bond acceptors (Lipinski definition) is 3. The molecular weight excluding hydrogens is 250 g/mol. The normalized spacial score (nSPS) is 15.7. The van der Waals surface area contributed by atoms with Crippen molar-refractivity contribution in [1.29, 1.82) is 0 Å². The first kappa shape index (κ1) is 14.9. The summed E-state index contributed by atoms with van der Waals surface area (Å²) in [6.07, 6.45) is 2.37. The van der Waals surface area contributed by atoms with E-state index in [0.29, 0.717) is 6.54 Å². The van der Waals surface area contributed by atoms with Crippen LogP contribution in [0.4, 0.5) is 5.69 Å². The summed E-state index contributed by atoms with van der Waals surface area (Å²) in [5.74, 6) is 0.0604. The molecule has 2 N–H and O–H groups in total. The highest BCUT2D eigenvalue weighted by atomic mass is 16.2. The molecule has 1 atom stereocenters. The van der Waals surface area contributed by atoms with Gasteiger partial charge in [0.05, 0.1) is 6.04 Å². The molecule has 0 saturated heterocycles. The fourth-order valence-corrected chi connectivity index (χ4v) is 2.64. The lowest BCUT2D eigenvalue weighted by atomic mass is 9.99. The largest absolute Gasteiger partial charge is 0.374 e. The first-order valence-corrected chi connectivity index (χ1v) is 7.46. The van der Waals surface area contributed by atoms with E-state index >= 15 is 0 Å². The minimum Gasteiger partial charge on any atom is -0.374 e. The van der Waals surface area contributed by atoms with Gasteiger partial charge in [0.15, 0.2) is 0 Å². The first-order chi connectivity index (χ1) is 9.61. The fraction of sp³-hybridized carbons (Fsp3) is 0.562. The molecule has 110 valence electrons. The lowest BCUT2D eigenvalue weighted by molar-refractivity contribution is -0.122. The van der Waals surface area contributed by atoms with Crippen LogP contribution in [0.3, 0.4) is 0 Å². The summed E-state index contributed by atoms with van der Waals surface area (Å²) in [6.45, 7) is 6.38. The van der Waals surface area contributed by atoms with Crippen molar-refractivity contribution in [2.45, 2.75) is 39.3 Å². The summed E-state index contributed by atoms with van der Waals surface area (Å²) in [5, 5.41) is 6.11. The van der Waals surface area contributed by atoms with Gasteiger partial charge in [-0.05, 0) is 43.9 Å². The summed E-state index contributed by atoms with van der Waals surface area (Å²) in [6, 6.07) is 6.46. The number of carbonyl (C=O) groups is 1. The van der Waals surface area contributed by atoms with Crippen molar-refractivity contribution >= 4 is 11.6 Å². The van der Waals surface area contributed by atoms with E-state index < -0.39 is 0 Å². The van der Waals surface area contributed by atoms with Crippen molar-refractivity contribution in [3.63, 3.8) is 0 Å². The third-order valence-electron chi connectivity index (χ3n) is 3.85. The molecule has 0 aliphatic carbocycles. The van der Waals surface area contributed by atoms with E-state index in [1.165, 1.54) is 23.2 Å². The number of benzene rings is 1. The minimum atomic E-state index is -0.159. The van der Waals surface area contributed by atoms with Gasteiger partial charge in [-0.1, -0.05) is 12.1 Å². The quantitative estimate of drug-likeness (QED) is 0.859. The van der Waals surface area contributed by atoms with Gasteiger partial charge in [0.1, 0.15) is 0 Å². The molecule has 1 unspecified atom stereocenters. The summed E-state index contributed by atoms with van der Waals surface area (Å²) >= 11 is 0. The predicted octanol–water partition coefficient (Wildman–Crippen LogP) is 1.68. The van der Waals surface area contributed by atoms with Gasteiger partial charge in [0.2, 0.25) is 5.91 Å². The van der Waals surface area contributed by atoms with Crippen LogP contribution in [0.1, 0.15) is 31.4 Å². The summed E-state index contributed by atoms with van der Waals surface area (Å²) in [4.78, 5) is 14.0. The van der Waals surface area contributed by atoms with E-state index in [1.54, 1.807) is 0 Å². The SMILES string of the molecule is CCNC(=O)C(C)NCc1ccc2c(c1)CCCN2C. The fourth-order valence-electron chi connectivity index (χ4n) is 2.64. The van der Waals surface area contributed by atoms with Crippen LogP contribution < -0.4 is 15.5 Å². The molecule has 1 aliphatic rings. The molecule has 1 aromatic carbocycles. The molecule has 0 spiro atoms. The molecule has 4 heteroatoms. The lowest BCUT2D eigenvalue weighted by Crippen LogP contribution is -2.41. The number of rotatable bonds is 5. The maximum absolute atomic E-state index is 11.7. The van der Waals surface area contributed by atoms with Crippen molar-refractivity contribution in [2.75, 3.05) is 25.0 Å². The molecule has 0 fully saturated rings. The second-order valence-corrected chi connectivity index (χ2v) is 5.49. The number of carbonyl (C=O) groups excluding carboxylic acids is 1. The van der Waals surface area contributed by atoms with E-state index in [-0.39, 0.29) is 11.9 Å². The molecule has 4 nitrogen and oxygen atoms in total. The third-order valence-corrected chi connectivity index (χ3v) is 3.85. The third kappa shape index (κ3) is 3.51. The molecule has 0 aromatic heterocycles. The van der Waals surface area contributed by atoms with Crippen LogP contribution in [-0.2, 0) is 17.8 Å². The van der Waals surface area contributed by atoms with E-state index in [4.69, 9.17) is 0 Å². The van der Waals surface area contributed by atoms with E-state index in [0.717, 1.165) is 19.5 Å². The molecule has 0 radical (unpaired) electrons. The lowest BCUT2D eigenvalue weighted by Gasteiger charge is -2.28. The monoisotopic (exact) mass is 275 g/mol. The molecular formula is C16H25N3O. The highest BCUT2D eigenvalue weighted by Crippen LogP contribution is 2.26. The Morgan fingerprint density at radius 3 is 3.00 bits per heavy atom. The van der Waals surface area contributed by atoms with Gasteiger partial charge in [0, 0.05) is 32.4 Å². The zero-order chi connectivity index (χ0) is 14.5. The van der Waals surface area contributed by atoms with Crippen molar-refractivity contribution in [3.05, 3.63) is 29.3 Å². The zero-order valence-electron chi connectivity index (χ0n) is 12.7. The molecule has 20 heavy (non-hydrogen) atoms. The Morgan fingerprint density at radius 2 is 2.25 bits per heavy atom. The van der Waals surface area contributed by atoms with Crippen LogP contribution in [0.2, 0.25) is 0 Å². The summed E-state index contributed by atoms with van der Waals surface area (Å²) in [7, 11) is 2.15. The Hall–Kier alpha value is -1.55. The van der Waals surface area contributed by atoms with E-state index in [9.17, 15) is 4.79 Å². The van der Waals surface area contributed by atoms with Crippen LogP contribution in [-0.4, -0.2) is 32.1 Å². The molecule has 2 rings (SSSR count). The Labute approximate surface area is 121 Å². The van der Waals surface area contributed by atoms with Crippen LogP contribution in [0, 0.1) is 0 Å². The maximum Gasteiger partial charge on any atom is 0.236 e. The van der Waals surface area contributed by atoms with E-state index in [2.05, 4.69) is 40.8 Å². The number of anilines is 1. The Balaban J connectivity index is 1.95. The molecule has 1 amide bonds. The second-order valence-electron chi connectivity index (χ2n) is 5.49. The Bertz CT molecular complexity index is 473. The van der Waals surface area contributed by atoms with Crippen molar-refractivity contribution < 1.29 is 4.79 Å². The number of likely N-dealkylation sites (N-methyl/N-ethyl adjacent to an activating group) is 1. The zero-order valence-corrected chi connectivity index (χ0v) is 12.7. The number of amides is 1. The standard InChI is InChI=1S/C16H25N3O/c1-4-17-16(20)12(2)18-11-13-7-8-15-14(10-13)6-5-9-19(15)3/h7-8,10,12,18H,4-6,9,11H2,1-3H3,(H,17,20). The average molecular weight is 275 g/mol. The predicted molar refractivity (Wildman–Crippen MR) is 83.0 cm³/mol. The smallest absolute Gasteiger partial charge is 0.236 e. The van der Waals surface area contributed by atoms with Gasteiger partial charge >= 0.3 is 0 Å². The number of nitrogens with one attached hydrogen (secondary N) is 2. The number of aryl methyl sites for hydroxylation is 1. The molecule has 1 aromatic rings. The number of nitrogens with zero attached hydrogens (tertiary/aromatic N) is 1. The Kier molecular flexibility index (Phi) is 5.01. The van der Waals surface area contributed by atoms with Crippen LogP contribution in [0.15, 0.2) is 18.2 Å². The second kappa shape index (κ2) is 6.75. The summed E-state index contributed by atoms with van der Waals surface area (Å²) < 4.78 is 0. The average Bonchev–Trinajstić information content (AvgIpc) is 2.45. The summed E-state index contributed by atoms with van der Waals surface area (Å²) in [5.41, 5.74) is 4.01. The van der Waals surface area contributed by atoms with Gasteiger partial charge in [-0.2, -0.15) is 0 Å². The molecule has 1 heterocycles.